The molecule has 1 aromatic rings. The number of benzene rings is 1. The van der Waals surface area contributed by atoms with E-state index in [9.17, 15) is 4.79 Å². The third-order valence-electron chi connectivity index (χ3n) is 4.32. The maximum absolute atomic E-state index is 11.8. The largest absolute Gasteiger partial charge is 0.465 e. The van der Waals surface area contributed by atoms with Gasteiger partial charge in [-0.1, -0.05) is 24.3 Å². The van der Waals surface area contributed by atoms with Crippen molar-refractivity contribution in [3.05, 3.63) is 35.4 Å². The molecule has 1 aliphatic carbocycles. The summed E-state index contributed by atoms with van der Waals surface area (Å²) in [4.78, 5) is 14.0. The van der Waals surface area contributed by atoms with Gasteiger partial charge < -0.3 is 4.74 Å². The molecule has 1 unspecified atom stereocenters. The van der Waals surface area contributed by atoms with Gasteiger partial charge in [-0.3, -0.25) is 9.69 Å². The summed E-state index contributed by atoms with van der Waals surface area (Å²) in [5.74, 6) is 0.419. The highest BCUT2D eigenvalue weighted by Crippen LogP contribution is 2.32. The minimum absolute atomic E-state index is 0.115. The van der Waals surface area contributed by atoms with E-state index in [0.717, 1.165) is 6.54 Å². The Morgan fingerprint density at radius 3 is 2.86 bits per heavy atom. The van der Waals surface area contributed by atoms with Gasteiger partial charge in [-0.2, -0.15) is 0 Å². The highest BCUT2D eigenvalue weighted by atomic mass is 16.5. The first-order valence-electron chi connectivity index (χ1n) is 8.09. The summed E-state index contributed by atoms with van der Waals surface area (Å²) < 4.78 is 5.10. The summed E-state index contributed by atoms with van der Waals surface area (Å²) in [5.41, 5.74) is 2.95. The van der Waals surface area contributed by atoms with Crippen molar-refractivity contribution in [3.8, 4) is 0 Å². The lowest BCUT2D eigenvalue weighted by Crippen LogP contribution is -2.39. The van der Waals surface area contributed by atoms with Crippen LogP contribution in [-0.4, -0.2) is 36.6 Å². The minimum Gasteiger partial charge on any atom is -0.465 e. The molecule has 0 bridgehead atoms. The first-order valence-corrected chi connectivity index (χ1v) is 8.09. The number of rotatable bonds is 6. The van der Waals surface area contributed by atoms with Crippen molar-refractivity contribution in [1.82, 2.24) is 4.90 Å². The van der Waals surface area contributed by atoms with Crippen LogP contribution in [0.4, 0.5) is 0 Å². The van der Waals surface area contributed by atoms with Crippen molar-refractivity contribution in [1.29, 1.82) is 0 Å². The Kier molecular flexibility index (Phi) is 5.80. The van der Waals surface area contributed by atoms with Crippen molar-refractivity contribution in [2.24, 2.45) is 0 Å². The van der Waals surface area contributed by atoms with E-state index in [1.807, 2.05) is 6.92 Å². The monoisotopic (exact) mass is 289 g/mol. The first-order chi connectivity index (χ1) is 10.1. The molecule has 1 aliphatic rings. The maximum atomic E-state index is 11.8. The molecule has 3 nitrogen and oxygen atoms in total. The van der Waals surface area contributed by atoms with Crippen LogP contribution in [0.15, 0.2) is 24.3 Å². The molecule has 0 saturated heterocycles. The Balaban J connectivity index is 2.06. The highest BCUT2D eigenvalue weighted by molar-refractivity contribution is 5.71. The van der Waals surface area contributed by atoms with Gasteiger partial charge in [-0.15, -0.1) is 0 Å². The normalized spacial score (nSPS) is 17.9. The van der Waals surface area contributed by atoms with Crippen LogP contribution in [0.3, 0.4) is 0 Å². The fourth-order valence-corrected chi connectivity index (χ4v) is 3.16. The van der Waals surface area contributed by atoms with Crippen LogP contribution < -0.4 is 0 Å². The second-order valence-corrected chi connectivity index (χ2v) is 6.12. The van der Waals surface area contributed by atoms with Gasteiger partial charge in [-0.05, 0) is 57.1 Å². The van der Waals surface area contributed by atoms with Crippen molar-refractivity contribution in [3.63, 3.8) is 0 Å². The molecule has 0 aliphatic heterocycles. The zero-order chi connectivity index (χ0) is 15.2. The SMILES string of the molecule is CCOC(=O)CN(CC1CCCc2ccccc21)C(C)C. The molecule has 3 heteroatoms. The quantitative estimate of drug-likeness (QED) is 0.752. The number of ether oxygens (including phenoxy) is 1. The average Bonchev–Trinajstić information content (AvgIpc) is 2.47. The molecule has 2 rings (SSSR count). The van der Waals surface area contributed by atoms with E-state index in [1.165, 1.54) is 30.4 Å². The van der Waals surface area contributed by atoms with Crippen molar-refractivity contribution >= 4 is 5.97 Å². The highest BCUT2D eigenvalue weighted by Gasteiger charge is 2.24. The standard InChI is InChI=1S/C18H27NO2/c1-4-21-18(20)13-19(14(2)3)12-16-10-7-9-15-8-5-6-11-17(15)16/h5-6,8,11,14,16H,4,7,9-10,12-13H2,1-3H3. The van der Waals surface area contributed by atoms with Crippen molar-refractivity contribution < 1.29 is 9.53 Å². The van der Waals surface area contributed by atoms with E-state index in [-0.39, 0.29) is 5.97 Å². The molecular formula is C18H27NO2. The fraction of sp³-hybridized carbons (Fsp3) is 0.611. The third kappa shape index (κ3) is 4.31. The van der Waals surface area contributed by atoms with Gasteiger partial charge in [0.25, 0.3) is 0 Å². The van der Waals surface area contributed by atoms with E-state index < -0.39 is 0 Å². The van der Waals surface area contributed by atoms with Crippen LogP contribution in [-0.2, 0) is 16.0 Å². The van der Waals surface area contributed by atoms with Gasteiger partial charge in [0.05, 0.1) is 13.2 Å². The van der Waals surface area contributed by atoms with E-state index in [1.54, 1.807) is 0 Å². The molecule has 0 N–H and O–H groups in total. The lowest BCUT2D eigenvalue weighted by Gasteiger charge is -2.33. The van der Waals surface area contributed by atoms with Crippen LogP contribution in [0.5, 0.6) is 0 Å². The van der Waals surface area contributed by atoms with Crippen molar-refractivity contribution in [2.45, 2.75) is 52.0 Å². The van der Waals surface area contributed by atoms with Crippen molar-refractivity contribution in [2.75, 3.05) is 19.7 Å². The Hall–Kier alpha value is -1.35. The minimum atomic E-state index is -0.115. The smallest absolute Gasteiger partial charge is 0.320 e. The summed E-state index contributed by atoms with van der Waals surface area (Å²) in [5, 5.41) is 0. The summed E-state index contributed by atoms with van der Waals surface area (Å²) in [7, 11) is 0. The molecule has 0 aromatic heterocycles. The van der Waals surface area contributed by atoms with Gasteiger partial charge in [0.2, 0.25) is 0 Å². The topological polar surface area (TPSA) is 29.5 Å². The molecule has 116 valence electrons. The van der Waals surface area contributed by atoms with Gasteiger partial charge >= 0.3 is 5.97 Å². The van der Waals surface area contributed by atoms with E-state index in [0.29, 0.717) is 25.1 Å². The Morgan fingerprint density at radius 2 is 2.14 bits per heavy atom. The second-order valence-electron chi connectivity index (χ2n) is 6.12. The predicted molar refractivity (Wildman–Crippen MR) is 85.5 cm³/mol. The van der Waals surface area contributed by atoms with E-state index >= 15 is 0 Å². The lowest BCUT2D eigenvalue weighted by molar-refractivity contribution is -0.145. The number of esters is 1. The third-order valence-corrected chi connectivity index (χ3v) is 4.32. The molecular weight excluding hydrogens is 262 g/mol. The zero-order valence-electron chi connectivity index (χ0n) is 13.5. The second kappa shape index (κ2) is 7.60. The van der Waals surface area contributed by atoms with Crippen LogP contribution in [0.2, 0.25) is 0 Å². The van der Waals surface area contributed by atoms with Gasteiger partial charge in [0, 0.05) is 12.6 Å². The van der Waals surface area contributed by atoms with Gasteiger partial charge in [0.1, 0.15) is 0 Å². The lowest BCUT2D eigenvalue weighted by atomic mass is 9.82. The molecule has 0 heterocycles. The van der Waals surface area contributed by atoms with Crippen LogP contribution in [0.25, 0.3) is 0 Å². The molecule has 21 heavy (non-hydrogen) atoms. The summed E-state index contributed by atoms with van der Waals surface area (Å²) in [6.07, 6.45) is 3.64. The number of nitrogens with zero attached hydrogens (tertiary/aromatic N) is 1. The fourth-order valence-electron chi connectivity index (χ4n) is 3.16. The number of hydrogen-bond acceptors (Lipinski definition) is 3. The predicted octanol–water partition coefficient (Wildman–Crippen LogP) is 3.38. The van der Waals surface area contributed by atoms with Crippen LogP contribution >= 0.6 is 0 Å². The number of hydrogen-bond donors (Lipinski definition) is 0. The molecule has 0 fully saturated rings. The summed E-state index contributed by atoms with van der Waals surface area (Å²) in [6, 6.07) is 9.10. The molecule has 1 aromatic carbocycles. The van der Waals surface area contributed by atoms with Crippen LogP contribution in [0.1, 0.15) is 50.7 Å². The zero-order valence-corrected chi connectivity index (χ0v) is 13.5. The molecule has 1 atom stereocenters. The summed E-state index contributed by atoms with van der Waals surface area (Å²) in [6.45, 7) is 7.94. The molecule has 0 saturated carbocycles. The number of fused-ring (bicyclic) bond motifs is 1. The Labute approximate surface area is 128 Å². The average molecular weight is 289 g/mol. The summed E-state index contributed by atoms with van der Waals surface area (Å²) >= 11 is 0. The maximum Gasteiger partial charge on any atom is 0.320 e. The van der Waals surface area contributed by atoms with Gasteiger partial charge in [0.15, 0.2) is 0 Å². The Bertz CT molecular complexity index is 470. The number of aryl methyl sites for hydroxylation is 1. The van der Waals surface area contributed by atoms with E-state index in [2.05, 4.69) is 43.0 Å². The Morgan fingerprint density at radius 1 is 1.38 bits per heavy atom. The number of carbonyl (C=O) groups is 1. The van der Waals surface area contributed by atoms with Gasteiger partial charge in [-0.25, -0.2) is 0 Å². The van der Waals surface area contributed by atoms with Crippen LogP contribution in [0, 0.1) is 0 Å². The first kappa shape index (κ1) is 16.0. The molecule has 0 radical (unpaired) electrons. The molecule has 0 amide bonds. The van der Waals surface area contributed by atoms with E-state index in [4.69, 9.17) is 4.74 Å². The number of carbonyl (C=O) groups excluding carboxylic acids is 1. The molecule has 0 spiro atoms.